The van der Waals surface area contributed by atoms with Crippen LogP contribution in [0.25, 0.3) is 0 Å². The molecule has 0 spiro atoms. The van der Waals surface area contributed by atoms with E-state index >= 15 is 0 Å². The average Bonchev–Trinajstić information content (AvgIpc) is 2.92. The van der Waals surface area contributed by atoms with Gasteiger partial charge in [0.1, 0.15) is 11.4 Å². The van der Waals surface area contributed by atoms with Crippen molar-refractivity contribution in [1.29, 1.82) is 0 Å². The number of hydrogen-bond acceptors (Lipinski definition) is 6. The van der Waals surface area contributed by atoms with Crippen LogP contribution in [0.1, 0.15) is 71.7 Å². The van der Waals surface area contributed by atoms with Crippen LogP contribution in [0.5, 0.6) is 0 Å². The Morgan fingerprint density at radius 1 is 1.02 bits per heavy atom. The van der Waals surface area contributed by atoms with Crippen LogP contribution in [0.2, 0.25) is 18.1 Å². The lowest BCUT2D eigenvalue weighted by Crippen LogP contribution is -2.61. The minimum Gasteiger partial charge on any atom is -0.452 e. The monoisotopic (exact) mass is 600 g/mol. The van der Waals surface area contributed by atoms with Gasteiger partial charge in [0.25, 0.3) is 0 Å². The minimum absolute atomic E-state index is 0.0489. The molecule has 0 saturated carbocycles. The summed E-state index contributed by atoms with van der Waals surface area (Å²) in [6.45, 7) is 18.6. The molecule has 1 aliphatic heterocycles. The highest BCUT2D eigenvalue weighted by molar-refractivity contribution is 7.92. The second kappa shape index (κ2) is 12.9. The van der Waals surface area contributed by atoms with E-state index in [9.17, 15) is 13.2 Å². The standard InChI is InChI=1S/C33H48O6SSi/c1-10-28-24(2)21-22-29(38-28)33(7,39-31(34)26-17-13-11-14-18-26)30(40(35,36)27-19-15-12-16-20-27)25(3)23-37-41(8,9)32(4,5)6/h11-21,25,28-30H,10,22-23H2,1-9H3/t25-,28-,29-,30?,33?/m1/s1. The quantitative estimate of drug-likeness (QED) is 0.150. The molecule has 1 heterocycles. The molecule has 0 amide bonds. The van der Waals surface area contributed by atoms with Gasteiger partial charge in [0.05, 0.1) is 16.6 Å². The Kier molecular flexibility index (Phi) is 10.5. The molecular formula is C33H48O6SSi. The van der Waals surface area contributed by atoms with Crippen LogP contribution in [-0.4, -0.2) is 52.4 Å². The molecule has 5 atom stereocenters. The van der Waals surface area contributed by atoms with Gasteiger partial charge in [-0.05, 0) is 80.6 Å². The van der Waals surface area contributed by atoms with E-state index in [1.807, 2.05) is 26.8 Å². The Labute approximate surface area is 248 Å². The summed E-state index contributed by atoms with van der Waals surface area (Å²) < 4.78 is 48.7. The number of carbonyl (C=O) groups is 1. The van der Waals surface area contributed by atoms with Crippen LogP contribution < -0.4 is 0 Å². The third kappa shape index (κ3) is 7.39. The SMILES string of the molecule is CC[C@H]1O[C@@H](C(C)(OC(=O)c2ccccc2)C([C@H](C)CO[Si](C)(C)C(C)(C)C)S(=O)(=O)c2ccccc2)CC=C1C. The maximum absolute atomic E-state index is 14.6. The lowest BCUT2D eigenvalue weighted by atomic mass is 9.83. The van der Waals surface area contributed by atoms with Gasteiger partial charge in [0.15, 0.2) is 23.8 Å². The molecule has 226 valence electrons. The molecule has 2 aromatic rings. The van der Waals surface area contributed by atoms with E-state index in [0.29, 0.717) is 12.0 Å². The molecule has 0 aliphatic carbocycles. The van der Waals surface area contributed by atoms with E-state index in [0.717, 1.165) is 12.0 Å². The van der Waals surface area contributed by atoms with Crippen molar-refractivity contribution in [3.63, 3.8) is 0 Å². The van der Waals surface area contributed by atoms with Gasteiger partial charge in [-0.1, -0.05) is 77.1 Å². The highest BCUT2D eigenvalue weighted by Crippen LogP contribution is 2.42. The smallest absolute Gasteiger partial charge is 0.338 e. The molecule has 1 aliphatic rings. The molecule has 0 N–H and O–H groups in total. The summed E-state index contributed by atoms with van der Waals surface area (Å²) in [6, 6.07) is 17.1. The highest BCUT2D eigenvalue weighted by Gasteiger charge is 2.55. The molecule has 0 fully saturated rings. The summed E-state index contributed by atoms with van der Waals surface area (Å²) in [5, 5.41) is -1.18. The number of ether oxygens (including phenoxy) is 2. The molecular weight excluding hydrogens is 553 g/mol. The van der Waals surface area contributed by atoms with Crippen LogP contribution in [0.15, 0.2) is 77.2 Å². The van der Waals surface area contributed by atoms with Gasteiger partial charge in [-0.15, -0.1) is 0 Å². The third-order valence-electron chi connectivity index (χ3n) is 8.82. The molecule has 2 aromatic carbocycles. The zero-order valence-electron chi connectivity index (χ0n) is 26.1. The topological polar surface area (TPSA) is 78.9 Å². The Morgan fingerprint density at radius 3 is 2.12 bits per heavy atom. The van der Waals surface area contributed by atoms with Crippen LogP contribution >= 0.6 is 0 Å². The van der Waals surface area contributed by atoms with Crippen molar-refractivity contribution in [3.8, 4) is 0 Å². The summed E-state index contributed by atoms with van der Waals surface area (Å²) in [6.07, 6.45) is 2.36. The van der Waals surface area contributed by atoms with Crippen LogP contribution in [0.4, 0.5) is 0 Å². The van der Waals surface area contributed by atoms with Crippen LogP contribution in [-0.2, 0) is 23.7 Å². The third-order valence-corrected chi connectivity index (χ3v) is 15.9. The Bertz CT molecular complexity index is 1300. The van der Waals surface area contributed by atoms with Gasteiger partial charge >= 0.3 is 5.97 Å². The number of rotatable bonds is 11. The van der Waals surface area contributed by atoms with Gasteiger partial charge in [-0.3, -0.25) is 0 Å². The molecule has 41 heavy (non-hydrogen) atoms. The fourth-order valence-electron chi connectivity index (χ4n) is 5.29. The molecule has 0 bridgehead atoms. The van der Waals surface area contributed by atoms with Crippen molar-refractivity contribution < 1.29 is 27.1 Å². The zero-order chi connectivity index (χ0) is 30.6. The van der Waals surface area contributed by atoms with Crippen molar-refractivity contribution in [2.24, 2.45) is 5.92 Å². The summed E-state index contributed by atoms with van der Waals surface area (Å²) in [5.74, 6) is -1.10. The predicted molar refractivity (Wildman–Crippen MR) is 167 cm³/mol. The first-order valence-corrected chi connectivity index (χ1v) is 19.0. The van der Waals surface area contributed by atoms with E-state index in [1.165, 1.54) is 0 Å². The van der Waals surface area contributed by atoms with E-state index in [1.54, 1.807) is 61.5 Å². The Balaban J connectivity index is 2.18. The van der Waals surface area contributed by atoms with Crippen molar-refractivity contribution in [2.75, 3.05) is 6.61 Å². The number of hydrogen-bond donors (Lipinski definition) is 0. The van der Waals surface area contributed by atoms with Gasteiger partial charge < -0.3 is 13.9 Å². The minimum atomic E-state index is -4.02. The number of esters is 1. The molecule has 3 rings (SSSR count). The molecule has 2 unspecified atom stereocenters. The largest absolute Gasteiger partial charge is 0.452 e. The molecule has 6 nitrogen and oxygen atoms in total. The predicted octanol–water partition coefficient (Wildman–Crippen LogP) is 7.62. The lowest BCUT2D eigenvalue weighted by molar-refractivity contribution is -0.135. The summed E-state index contributed by atoms with van der Waals surface area (Å²) in [7, 11) is -6.22. The normalized spacial score (nSPS) is 21.3. The first-order chi connectivity index (χ1) is 19.0. The van der Waals surface area contributed by atoms with Crippen molar-refractivity contribution >= 4 is 24.1 Å². The van der Waals surface area contributed by atoms with Gasteiger partial charge in [-0.25, -0.2) is 13.2 Å². The second-order valence-corrected chi connectivity index (χ2v) is 19.9. The summed E-state index contributed by atoms with van der Waals surface area (Å²) in [4.78, 5) is 13.8. The lowest BCUT2D eigenvalue weighted by Gasteiger charge is -2.47. The Morgan fingerprint density at radius 2 is 1.59 bits per heavy atom. The summed E-state index contributed by atoms with van der Waals surface area (Å²) >= 11 is 0. The van der Waals surface area contributed by atoms with Crippen molar-refractivity contribution in [2.45, 2.75) is 107 Å². The van der Waals surface area contributed by atoms with E-state index in [2.05, 4.69) is 39.9 Å². The first-order valence-electron chi connectivity index (χ1n) is 14.6. The fourth-order valence-corrected chi connectivity index (χ4v) is 8.74. The van der Waals surface area contributed by atoms with Gasteiger partial charge in [0, 0.05) is 6.61 Å². The number of sulfone groups is 1. The van der Waals surface area contributed by atoms with Gasteiger partial charge in [0.2, 0.25) is 0 Å². The highest BCUT2D eigenvalue weighted by atomic mass is 32.2. The maximum atomic E-state index is 14.6. The molecule has 0 radical (unpaired) electrons. The van der Waals surface area contributed by atoms with E-state index in [4.69, 9.17) is 13.9 Å². The van der Waals surface area contributed by atoms with E-state index < -0.39 is 47.0 Å². The summed E-state index contributed by atoms with van der Waals surface area (Å²) in [5.41, 5.74) is -0.0748. The van der Waals surface area contributed by atoms with Crippen molar-refractivity contribution in [3.05, 3.63) is 77.9 Å². The molecule has 0 saturated heterocycles. The van der Waals surface area contributed by atoms with Crippen LogP contribution in [0, 0.1) is 5.92 Å². The molecule has 0 aromatic heterocycles. The Hall–Kier alpha value is -2.26. The number of benzene rings is 2. The maximum Gasteiger partial charge on any atom is 0.338 e. The van der Waals surface area contributed by atoms with Gasteiger partial charge in [-0.2, -0.15) is 0 Å². The number of carbonyl (C=O) groups excluding carboxylic acids is 1. The van der Waals surface area contributed by atoms with Crippen LogP contribution in [0.3, 0.4) is 0 Å². The second-order valence-electron chi connectivity index (χ2n) is 13.0. The molecule has 8 heteroatoms. The van der Waals surface area contributed by atoms with Crippen molar-refractivity contribution in [1.82, 2.24) is 0 Å². The average molecular weight is 601 g/mol. The first kappa shape index (κ1) is 33.2. The van der Waals surface area contributed by atoms with E-state index in [-0.39, 0.29) is 22.6 Å². The zero-order valence-corrected chi connectivity index (χ0v) is 28.0. The fraction of sp³-hybridized carbons (Fsp3) is 0.545.